The third-order valence-corrected chi connectivity index (χ3v) is 6.69. The molecule has 2 heterocycles. The maximum Gasteiger partial charge on any atom is 0.257 e. The monoisotopic (exact) mass is 473 g/mol. The topological polar surface area (TPSA) is 61.7 Å². The van der Waals surface area contributed by atoms with E-state index >= 15 is 0 Å². The van der Waals surface area contributed by atoms with E-state index in [2.05, 4.69) is 43.0 Å². The first-order valence-corrected chi connectivity index (χ1v) is 12.2. The van der Waals surface area contributed by atoms with Crippen LogP contribution >= 0.6 is 0 Å². The van der Waals surface area contributed by atoms with Gasteiger partial charge in [0.1, 0.15) is 5.69 Å². The fourth-order valence-corrected chi connectivity index (χ4v) is 4.37. The van der Waals surface area contributed by atoms with Crippen LogP contribution in [0.4, 0.5) is 0 Å². The molecule has 0 atom stereocenters. The van der Waals surface area contributed by atoms with E-state index in [1.165, 1.54) is 11.1 Å². The molecule has 1 aliphatic heterocycles. The quantitative estimate of drug-likeness (QED) is 0.550. The van der Waals surface area contributed by atoms with Crippen molar-refractivity contribution in [3.8, 4) is 11.3 Å². The molecular formula is C28H35N5O2. The molecule has 1 aromatic heterocycles. The van der Waals surface area contributed by atoms with Gasteiger partial charge in [-0.1, -0.05) is 42.5 Å². The van der Waals surface area contributed by atoms with E-state index in [0.717, 1.165) is 29.8 Å². The summed E-state index contributed by atoms with van der Waals surface area (Å²) in [7, 11) is 3.55. The number of carbonyl (C=O) groups is 2. The minimum atomic E-state index is -0.00155. The summed E-state index contributed by atoms with van der Waals surface area (Å²) < 4.78 is 1.87. The van der Waals surface area contributed by atoms with Crippen molar-refractivity contribution in [2.24, 2.45) is 0 Å². The summed E-state index contributed by atoms with van der Waals surface area (Å²) >= 11 is 0. The Labute approximate surface area is 207 Å². The average molecular weight is 474 g/mol. The van der Waals surface area contributed by atoms with Crippen LogP contribution in [-0.4, -0.2) is 83.1 Å². The van der Waals surface area contributed by atoms with Crippen LogP contribution in [0.25, 0.3) is 11.3 Å². The second kappa shape index (κ2) is 10.9. The molecule has 1 aliphatic rings. The zero-order valence-electron chi connectivity index (χ0n) is 21.2. The molecule has 0 N–H and O–H groups in total. The zero-order valence-corrected chi connectivity index (χ0v) is 21.2. The van der Waals surface area contributed by atoms with Crippen molar-refractivity contribution in [1.82, 2.24) is 24.5 Å². The van der Waals surface area contributed by atoms with E-state index in [-0.39, 0.29) is 11.8 Å². The van der Waals surface area contributed by atoms with Crippen molar-refractivity contribution in [3.05, 3.63) is 77.0 Å². The zero-order chi connectivity index (χ0) is 24.9. The molecule has 0 aliphatic carbocycles. The summed E-state index contributed by atoms with van der Waals surface area (Å²) in [6.45, 7) is 7.91. The van der Waals surface area contributed by atoms with E-state index in [0.29, 0.717) is 38.3 Å². The number of hydrogen-bond donors (Lipinski definition) is 0. The number of carbonyl (C=O) groups excluding carboxylic acids is 2. The van der Waals surface area contributed by atoms with Gasteiger partial charge in [0.2, 0.25) is 5.91 Å². The molecule has 7 nitrogen and oxygen atoms in total. The van der Waals surface area contributed by atoms with E-state index in [4.69, 9.17) is 5.10 Å². The van der Waals surface area contributed by atoms with Gasteiger partial charge in [0.05, 0.1) is 18.7 Å². The molecule has 1 fully saturated rings. The lowest BCUT2D eigenvalue weighted by Crippen LogP contribution is -2.39. The van der Waals surface area contributed by atoms with Gasteiger partial charge in [-0.3, -0.25) is 19.2 Å². The summed E-state index contributed by atoms with van der Waals surface area (Å²) in [4.78, 5) is 31.6. The second-order valence-electron chi connectivity index (χ2n) is 9.58. The number of likely N-dealkylation sites (N-methyl/N-ethyl adjacent to an activating group) is 1. The third kappa shape index (κ3) is 5.98. The average Bonchev–Trinajstić information content (AvgIpc) is 3.11. The summed E-state index contributed by atoms with van der Waals surface area (Å²) in [5.74, 6) is 0.0855. The number of aromatic nitrogens is 2. The van der Waals surface area contributed by atoms with E-state index < -0.39 is 0 Å². The lowest BCUT2D eigenvalue weighted by molar-refractivity contribution is -0.129. The van der Waals surface area contributed by atoms with Gasteiger partial charge in [-0.15, -0.1) is 0 Å². The van der Waals surface area contributed by atoms with Crippen molar-refractivity contribution in [3.63, 3.8) is 0 Å². The van der Waals surface area contributed by atoms with Crippen molar-refractivity contribution in [1.29, 1.82) is 0 Å². The molecule has 2 aromatic carbocycles. The molecule has 4 rings (SSSR count). The normalized spacial score (nSPS) is 14.6. The molecule has 1 saturated heterocycles. The van der Waals surface area contributed by atoms with Gasteiger partial charge in [0.15, 0.2) is 0 Å². The minimum Gasteiger partial charge on any atom is -0.348 e. The first-order chi connectivity index (χ1) is 16.8. The number of rotatable bonds is 6. The molecule has 7 heteroatoms. The fraction of sp³-hybridized carbons (Fsp3) is 0.393. The maximum atomic E-state index is 13.8. The number of nitrogens with zero attached hydrogens (tertiary/aromatic N) is 5. The van der Waals surface area contributed by atoms with Gasteiger partial charge < -0.3 is 9.80 Å². The first kappa shape index (κ1) is 24.7. The number of amides is 2. The minimum absolute atomic E-state index is 0.00155. The number of benzene rings is 2. The second-order valence-corrected chi connectivity index (χ2v) is 9.58. The number of aryl methyl sites for hydroxylation is 2. The van der Waals surface area contributed by atoms with Crippen LogP contribution in [0.3, 0.4) is 0 Å². The van der Waals surface area contributed by atoms with Gasteiger partial charge in [-0.25, -0.2) is 0 Å². The molecule has 0 radical (unpaired) electrons. The molecule has 0 bridgehead atoms. The lowest BCUT2D eigenvalue weighted by Gasteiger charge is -2.22. The SMILES string of the molecule is Cc1ccc(-c2nn(Cc3ccccc3)cc2C(=O)N2CCCN(CC(=O)N(C)C)CC2)cc1C. The highest BCUT2D eigenvalue weighted by atomic mass is 16.2. The highest BCUT2D eigenvalue weighted by molar-refractivity contribution is 6.00. The Bertz CT molecular complexity index is 1190. The van der Waals surface area contributed by atoms with Crippen molar-refractivity contribution in [2.45, 2.75) is 26.8 Å². The molecule has 184 valence electrons. The van der Waals surface area contributed by atoms with Gasteiger partial charge in [0.25, 0.3) is 5.91 Å². The van der Waals surface area contributed by atoms with Crippen LogP contribution in [0.2, 0.25) is 0 Å². The van der Waals surface area contributed by atoms with Gasteiger partial charge >= 0.3 is 0 Å². The summed E-state index contributed by atoms with van der Waals surface area (Å²) in [5.41, 5.74) is 5.83. The van der Waals surface area contributed by atoms with E-state index in [1.54, 1.807) is 19.0 Å². The van der Waals surface area contributed by atoms with Gasteiger partial charge in [-0.2, -0.15) is 5.10 Å². The van der Waals surface area contributed by atoms with E-state index in [1.807, 2.05) is 40.0 Å². The first-order valence-electron chi connectivity index (χ1n) is 12.2. The van der Waals surface area contributed by atoms with Crippen molar-refractivity contribution >= 4 is 11.8 Å². The Hall–Kier alpha value is -3.45. The van der Waals surface area contributed by atoms with Crippen molar-refractivity contribution < 1.29 is 9.59 Å². The molecule has 2 amide bonds. The molecule has 3 aromatic rings. The maximum absolute atomic E-state index is 13.8. The molecule has 0 spiro atoms. The van der Waals surface area contributed by atoms with Gasteiger partial charge in [-0.05, 0) is 43.0 Å². The molecule has 0 saturated carbocycles. The highest BCUT2D eigenvalue weighted by Gasteiger charge is 2.26. The summed E-state index contributed by atoms with van der Waals surface area (Å²) in [6.07, 6.45) is 2.72. The van der Waals surface area contributed by atoms with Crippen LogP contribution in [0, 0.1) is 13.8 Å². The Morgan fingerprint density at radius 3 is 2.43 bits per heavy atom. The van der Waals surface area contributed by atoms with Crippen LogP contribution in [-0.2, 0) is 11.3 Å². The fourth-order valence-electron chi connectivity index (χ4n) is 4.37. The smallest absolute Gasteiger partial charge is 0.257 e. The number of hydrogen-bond acceptors (Lipinski definition) is 4. The molecule has 35 heavy (non-hydrogen) atoms. The Balaban J connectivity index is 1.59. The third-order valence-electron chi connectivity index (χ3n) is 6.69. The van der Waals surface area contributed by atoms with Crippen LogP contribution in [0.5, 0.6) is 0 Å². The lowest BCUT2D eigenvalue weighted by atomic mass is 10.0. The Kier molecular flexibility index (Phi) is 7.66. The van der Waals surface area contributed by atoms with Crippen LogP contribution < -0.4 is 0 Å². The Morgan fingerprint density at radius 1 is 0.943 bits per heavy atom. The molecular weight excluding hydrogens is 438 g/mol. The highest BCUT2D eigenvalue weighted by Crippen LogP contribution is 2.26. The summed E-state index contributed by atoms with van der Waals surface area (Å²) in [5, 5.41) is 4.87. The van der Waals surface area contributed by atoms with Gasteiger partial charge in [0, 0.05) is 52.0 Å². The van der Waals surface area contributed by atoms with Crippen LogP contribution in [0.15, 0.2) is 54.7 Å². The van der Waals surface area contributed by atoms with E-state index in [9.17, 15) is 9.59 Å². The summed E-state index contributed by atoms with van der Waals surface area (Å²) in [6, 6.07) is 16.4. The Morgan fingerprint density at radius 2 is 1.71 bits per heavy atom. The molecule has 0 unspecified atom stereocenters. The van der Waals surface area contributed by atoms with Crippen LogP contribution in [0.1, 0.15) is 33.5 Å². The predicted octanol–water partition coefficient (Wildman–Crippen LogP) is 3.45. The van der Waals surface area contributed by atoms with Crippen molar-refractivity contribution in [2.75, 3.05) is 46.8 Å². The largest absolute Gasteiger partial charge is 0.348 e. The predicted molar refractivity (Wildman–Crippen MR) is 138 cm³/mol. The standard InChI is InChI=1S/C28H35N5O2/c1-21-11-12-24(17-22(21)2)27-25(19-33(29-27)18-23-9-6-5-7-10-23)28(35)32-14-8-13-31(15-16-32)20-26(34)30(3)4/h5-7,9-12,17,19H,8,13-16,18,20H2,1-4H3.